The molecule has 6 nitrogen and oxygen atoms in total. The summed E-state index contributed by atoms with van der Waals surface area (Å²) in [7, 11) is 0. The van der Waals surface area contributed by atoms with Gasteiger partial charge in [0.1, 0.15) is 13.2 Å². The van der Waals surface area contributed by atoms with Crippen LogP contribution in [0.1, 0.15) is 213 Å². The predicted molar refractivity (Wildman–Crippen MR) is 233 cm³/mol. The molecule has 0 saturated carbocycles. The van der Waals surface area contributed by atoms with Gasteiger partial charge in [-0.25, -0.2) is 0 Å². The van der Waals surface area contributed by atoms with Crippen molar-refractivity contribution in [1.82, 2.24) is 0 Å². The summed E-state index contributed by atoms with van der Waals surface area (Å²) < 4.78 is 16.7. The number of allylic oxidation sites excluding steroid dienone is 10. The molecule has 0 aromatic rings. The number of hydrogen-bond acceptors (Lipinski definition) is 6. The molecular weight excluding hydrogens is 685 g/mol. The van der Waals surface area contributed by atoms with Gasteiger partial charge in [-0.3, -0.25) is 14.4 Å². The number of unbranched alkanes of at least 4 members (excludes halogenated alkanes) is 21. The Hall–Kier alpha value is -2.89. The Labute approximate surface area is 339 Å². The van der Waals surface area contributed by atoms with Crippen molar-refractivity contribution in [1.29, 1.82) is 0 Å². The lowest BCUT2D eigenvalue weighted by atomic mass is 10.1. The molecule has 0 rings (SSSR count). The fourth-order valence-electron chi connectivity index (χ4n) is 6.18. The molecule has 0 N–H and O–H groups in total. The number of ether oxygens (including phenoxy) is 3. The van der Waals surface area contributed by atoms with Gasteiger partial charge in [-0.1, -0.05) is 191 Å². The fraction of sp³-hybridized carbons (Fsp3) is 0.735. The van der Waals surface area contributed by atoms with E-state index in [-0.39, 0.29) is 31.1 Å². The van der Waals surface area contributed by atoms with Gasteiger partial charge in [0.15, 0.2) is 6.10 Å². The molecule has 0 aromatic carbocycles. The first-order valence-corrected chi connectivity index (χ1v) is 22.8. The van der Waals surface area contributed by atoms with Crippen LogP contribution in [0, 0.1) is 0 Å². The third-order valence-corrected chi connectivity index (χ3v) is 9.58. The summed E-state index contributed by atoms with van der Waals surface area (Å²) >= 11 is 0. The molecule has 1 atom stereocenters. The number of esters is 3. The van der Waals surface area contributed by atoms with Gasteiger partial charge in [-0.2, -0.15) is 0 Å². The monoisotopic (exact) mass is 769 g/mol. The molecule has 0 aliphatic carbocycles. The molecule has 0 radical (unpaired) electrons. The van der Waals surface area contributed by atoms with Crippen LogP contribution < -0.4 is 0 Å². The van der Waals surface area contributed by atoms with Gasteiger partial charge in [-0.15, -0.1) is 0 Å². The van der Waals surface area contributed by atoms with Crippen molar-refractivity contribution < 1.29 is 28.6 Å². The van der Waals surface area contributed by atoms with Crippen molar-refractivity contribution in [3.63, 3.8) is 0 Å². The minimum absolute atomic E-state index is 0.0832. The van der Waals surface area contributed by atoms with Crippen molar-refractivity contribution in [3.05, 3.63) is 60.8 Å². The number of rotatable bonds is 40. The Balaban J connectivity index is 4.39. The quantitative estimate of drug-likeness (QED) is 0.0203. The maximum atomic E-state index is 12.7. The minimum Gasteiger partial charge on any atom is -0.462 e. The molecule has 0 saturated heterocycles. The second-order valence-corrected chi connectivity index (χ2v) is 15.0. The van der Waals surface area contributed by atoms with E-state index in [4.69, 9.17) is 14.2 Å². The van der Waals surface area contributed by atoms with Crippen LogP contribution in [0.25, 0.3) is 0 Å². The summed E-state index contributed by atoms with van der Waals surface area (Å²) in [5, 5.41) is 0. The van der Waals surface area contributed by atoms with E-state index < -0.39 is 6.10 Å². The predicted octanol–water partition coefficient (Wildman–Crippen LogP) is 14.5. The summed E-state index contributed by atoms with van der Waals surface area (Å²) in [6.45, 7) is 6.35. The summed E-state index contributed by atoms with van der Waals surface area (Å²) in [5.41, 5.74) is 0. The molecule has 0 fully saturated rings. The maximum absolute atomic E-state index is 12.7. The van der Waals surface area contributed by atoms with E-state index in [1.807, 2.05) is 0 Å². The van der Waals surface area contributed by atoms with Crippen molar-refractivity contribution in [2.45, 2.75) is 219 Å². The zero-order chi connectivity index (χ0) is 40.1. The topological polar surface area (TPSA) is 78.9 Å². The second-order valence-electron chi connectivity index (χ2n) is 15.0. The molecule has 0 aromatic heterocycles. The van der Waals surface area contributed by atoms with Gasteiger partial charge in [-0.05, 0) is 64.2 Å². The van der Waals surface area contributed by atoms with Crippen LogP contribution in [0.4, 0.5) is 0 Å². The van der Waals surface area contributed by atoms with Crippen LogP contribution >= 0.6 is 0 Å². The first kappa shape index (κ1) is 52.1. The first-order valence-electron chi connectivity index (χ1n) is 22.8. The molecular formula is C49H84O6. The van der Waals surface area contributed by atoms with Gasteiger partial charge in [0.05, 0.1) is 0 Å². The van der Waals surface area contributed by atoms with E-state index in [1.165, 1.54) is 70.6 Å². The lowest BCUT2D eigenvalue weighted by molar-refractivity contribution is -0.167. The largest absolute Gasteiger partial charge is 0.462 e. The minimum atomic E-state index is -0.782. The highest BCUT2D eigenvalue weighted by Crippen LogP contribution is 2.14. The second kappa shape index (κ2) is 43.8. The molecule has 0 heterocycles. The van der Waals surface area contributed by atoms with E-state index >= 15 is 0 Å². The number of hydrogen-bond donors (Lipinski definition) is 0. The maximum Gasteiger partial charge on any atom is 0.306 e. The van der Waals surface area contributed by atoms with Crippen LogP contribution in [-0.2, 0) is 28.6 Å². The average Bonchev–Trinajstić information content (AvgIpc) is 3.18. The standard InChI is InChI=1S/C49H84O6/c1-4-7-10-13-16-19-22-24-25-26-28-30-33-36-39-42-48(51)54-45-46(44-53-47(50)41-38-35-32-29-21-18-15-12-9-6-3)55-49(52)43-40-37-34-31-27-23-20-17-14-11-8-5-2/h7-8,10-11,13,16-17,19-20,22,46H,4-6,9,12,14-15,18,21,23-45H2,1-3H3/b10-7-,11-8-,16-13-,20-17-,22-19-. The normalized spacial score (nSPS) is 12.6. The van der Waals surface area contributed by atoms with Gasteiger partial charge in [0.25, 0.3) is 0 Å². The lowest BCUT2D eigenvalue weighted by Crippen LogP contribution is -2.30. The highest BCUT2D eigenvalue weighted by atomic mass is 16.6. The molecule has 316 valence electrons. The highest BCUT2D eigenvalue weighted by molar-refractivity contribution is 5.71. The van der Waals surface area contributed by atoms with Crippen LogP contribution in [0.5, 0.6) is 0 Å². The van der Waals surface area contributed by atoms with E-state index in [1.54, 1.807) is 0 Å². The van der Waals surface area contributed by atoms with E-state index in [2.05, 4.69) is 81.5 Å². The molecule has 1 unspecified atom stereocenters. The molecule has 0 spiro atoms. The molecule has 0 amide bonds. The van der Waals surface area contributed by atoms with Crippen LogP contribution in [0.3, 0.4) is 0 Å². The Morgan fingerprint density at radius 2 is 0.800 bits per heavy atom. The van der Waals surface area contributed by atoms with Gasteiger partial charge >= 0.3 is 17.9 Å². The van der Waals surface area contributed by atoms with Crippen LogP contribution in [0.2, 0.25) is 0 Å². The Morgan fingerprint density at radius 1 is 0.400 bits per heavy atom. The van der Waals surface area contributed by atoms with Crippen molar-refractivity contribution in [3.8, 4) is 0 Å². The van der Waals surface area contributed by atoms with E-state index in [0.717, 1.165) is 103 Å². The van der Waals surface area contributed by atoms with Crippen LogP contribution in [-0.4, -0.2) is 37.2 Å². The summed E-state index contributed by atoms with van der Waals surface area (Å²) in [6, 6.07) is 0. The fourth-order valence-corrected chi connectivity index (χ4v) is 6.18. The molecule has 0 aliphatic heterocycles. The van der Waals surface area contributed by atoms with E-state index in [9.17, 15) is 14.4 Å². The van der Waals surface area contributed by atoms with Gasteiger partial charge in [0, 0.05) is 19.3 Å². The smallest absolute Gasteiger partial charge is 0.306 e. The zero-order valence-corrected chi connectivity index (χ0v) is 35.9. The van der Waals surface area contributed by atoms with E-state index in [0.29, 0.717) is 19.3 Å². The average molecular weight is 769 g/mol. The zero-order valence-electron chi connectivity index (χ0n) is 35.9. The van der Waals surface area contributed by atoms with Gasteiger partial charge in [0.2, 0.25) is 0 Å². The number of carbonyl (C=O) groups is 3. The number of carbonyl (C=O) groups excluding carboxylic acids is 3. The summed E-state index contributed by atoms with van der Waals surface area (Å²) in [5.74, 6) is -0.915. The Morgan fingerprint density at radius 3 is 1.29 bits per heavy atom. The van der Waals surface area contributed by atoms with Crippen molar-refractivity contribution >= 4 is 17.9 Å². The summed E-state index contributed by atoms with van der Waals surface area (Å²) in [6.07, 6.45) is 52.0. The van der Waals surface area contributed by atoms with Crippen LogP contribution in [0.15, 0.2) is 60.8 Å². The first-order chi connectivity index (χ1) is 27.0. The summed E-state index contributed by atoms with van der Waals surface area (Å²) in [4.78, 5) is 37.7. The molecule has 0 aliphatic rings. The molecule has 0 bridgehead atoms. The van der Waals surface area contributed by atoms with Crippen molar-refractivity contribution in [2.75, 3.05) is 13.2 Å². The molecule has 6 heteroatoms. The highest BCUT2D eigenvalue weighted by Gasteiger charge is 2.19. The Bertz CT molecular complexity index is 1020. The third kappa shape index (κ3) is 42.1. The van der Waals surface area contributed by atoms with Gasteiger partial charge < -0.3 is 14.2 Å². The van der Waals surface area contributed by atoms with Crippen molar-refractivity contribution in [2.24, 2.45) is 0 Å². The SMILES string of the molecule is CC\C=C/C=C\C=C/CCCCCCCCCC(=O)OCC(COC(=O)CCCCCCCCCCCC)OC(=O)CCCCCCC/C=C\C/C=C\CC. The lowest BCUT2D eigenvalue weighted by Gasteiger charge is -2.18. The molecule has 55 heavy (non-hydrogen) atoms. The Kier molecular flexibility index (Phi) is 41.5. The third-order valence-electron chi connectivity index (χ3n) is 9.58.